The van der Waals surface area contributed by atoms with E-state index in [1.165, 1.54) is 0 Å². The maximum atomic E-state index is 12.7. The summed E-state index contributed by atoms with van der Waals surface area (Å²) in [6.07, 6.45) is 1.49. The van der Waals surface area contributed by atoms with Crippen LogP contribution in [-0.2, 0) is 19.7 Å². The predicted octanol–water partition coefficient (Wildman–Crippen LogP) is 4.18. The Hall–Kier alpha value is -3.60. The number of carbonyl (C=O) groups excluding carboxylic acids is 2. The first-order chi connectivity index (χ1) is 15.1. The number of benzene rings is 3. The van der Waals surface area contributed by atoms with Crippen molar-refractivity contribution in [2.24, 2.45) is 0 Å². The molecule has 0 saturated heterocycles. The minimum Gasteiger partial charge on any atom is -0.497 e. The Balaban J connectivity index is 1.43. The van der Waals surface area contributed by atoms with Gasteiger partial charge in [0.2, 0.25) is 0 Å². The molecule has 1 amide bonds. The van der Waals surface area contributed by atoms with Gasteiger partial charge in [0.05, 0.1) is 18.6 Å². The van der Waals surface area contributed by atoms with E-state index in [0.29, 0.717) is 0 Å². The summed E-state index contributed by atoms with van der Waals surface area (Å²) in [6, 6.07) is 26.5. The lowest BCUT2D eigenvalue weighted by Gasteiger charge is -2.21. The van der Waals surface area contributed by atoms with Crippen molar-refractivity contribution in [1.29, 1.82) is 0 Å². The van der Waals surface area contributed by atoms with Crippen LogP contribution in [0.25, 0.3) is 0 Å². The maximum absolute atomic E-state index is 12.7. The first-order valence-electron chi connectivity index (χ1n) is 10.3. The third-order valence-electron chi connectivity index (χ3n) is 5.69. The number of nitrogens with one attached hydrogen (secondary N) is 1. The Kier molecular flexibility index (Phi) is 6.03. The maximum Gasteiger partial charge on any atom is 0.317 e. The molecular weight excluding hydrogens is 390 g/mol. The van der Waals surface area contributed by atoms with Gasteiger partial charge in [-0.05, 0) is 41.7 Å². The largest absolute Gasteiger partial charge is 0.497 e. The van der Waals surface area contributed by atoms with Crippen LogP contribution < -0.4 is 10.1 Å². The summed E-state index contributed by atoms with van der Waals surface area (Å²) < 4.78 is 10.7. The first kappa shape index (κ1) is 20.7. The van der Waals surface area contributed by atoms with Crippen molar-refractivity contribution >= 4 is 11.9 Å². The molecule has 4 rings (SSSR count). The van der Waals surface area contributed by atoms with Crippen LogP contribution in [0.15, 0.2) is 84.9 Å². The number of hydrogen-bond donors (Lipinski definition) is 1. The first-order valence-corrected chi connectivity index (χ1v) is 10.3. The monoisotopic (exact) mass is 415 g/mol. The van der Waals surface area contributed by atoms with E-state index in [1.807, 2.05) is 84.9 Å². The number of carbonyl (C=O) groups is 2. The van der Waals surface area contributed by atoms with Crippen LogP contribution in [-0.4, -0.2) is 25.6 Å². The van der Waals surface area contributed by atoms with Gasteiger partial charge in [-0.1, -0.05) is 72.8 Å². The molecule has 0 bridgehead atoms. The zero-order chi connectivity index (χ0) is 21.7. The number of methoxy groups -OCH3 is 1. The molecule has 1 aliphatic rings. The second-order valence-electron chi connectivity index (χ2n) is 7.71. The fourth-order valence-electron chi connectivity index (χ4n) is 3.77. The Morgan fingerprint density at radius 3 is 2.03 bits per heavy atom. The predicted molar refractivity (Wildman–Crippen MR) is 118 cm³/mol. The van der Waals surface area contributed by atoms with E-state index < -0.39 is 5.41 Å². The summed E-state index contributed by atoms with van der Waals surface area (Å²) in [4.78, 5) is 25.4. The molecule has 1 aliphatic carbocycles. The van der Waals surface area contributed by atoms with Gasteiger partial charge in [-0.2, -0.15) is 0 Å². The number of esters is 1. The fourth-order valence-corrected chi connectivity index (χ4v) is 3.77. The van der Waals surface area contributed by atoms with E-state index in [1.54, 1.807) is 7.11 Å². The molecule has 0 unspecified atom stereocenters. The van der Waals surface area contributed by atoms with Crippen molar-refractivity contribution in [3.63, 3.8) is 0 Å². The standard InChI is InChI=1S/C26H25NO4/c1-30-22-14-12-20(13-15-22)24(19-8-4-2-5-9-19)27-23(28)18-31-25(29)26(16-17-26)21-10-6-3-7-11-21/h2-15,24H,16-18H2,1H3,(H,27,28)/t24-/m0/s1. The summed E-state index contributed by atoms with van der Waals surface area (Å²) in [5.74, 6) is 0.0582. The van der Waals surface area contributed by atoms with Crippen LogP contribution in [0.5, 0.6) is 5.75 Å². The van der Waals surface area contributed by atoms with Crippen molar-refractivity contribution in [3.05, 3.63) is 102 Å². The van der Waals surface area contributed by atoms with Gasteiger partial charge >= 0.3 is 5.97 Å². The zero-order valence-electron chi connectivity index (χ0n) is 17.4. The van der Waals surface area contributed by atoms with Gasteiger partial charge in [0.15, 0.2) is 6.61 Å². The van der Waals surface area contributed by atoms with E-state index in [-0.39, 0.29) is 24.5 Å². The van der Waals surface area contributed by atoms with Crippen LogP contribution in [0.1, 0.15) is 35.6 Å². The van der Waals surface area contributed by atoms with E-state index in [9.17, 15) is 9.59 Å². The van der Waals surface area contributed by atoms with E-state index in [0.717, 1.165) is 35.3 Å². The van der Waals surface area contributed by atoms with Crippen molar-refractivity contribution in [2.45, 2.75) is 24.3 Å². The van der Waals surface area contributed by atoms with Crippen LogP contribution in [0.2, 0.25) is 0 Å². The van der Waals surface area contributed by atoms with E-state index in [2.05, 4.69) is 5.32 Å². The lowest BCUT2D eigenvalue weighted by Crippen LogP contribution is -2.34. The molecule has 1 fully saturated rings. The molecule has 5 nitrogen and oxygen atoms in total. The molecule has 0 heterocycles. The normalized spacial score (nSPS) is 14.9. The number of ether oxygens (including phenoxy) is 2. The second kappa shape index (κ2) is 9.04. The average molecular weight is 415 g/mol. The topological polar surface area (TPSA) is 64.6 Å². The highest BCUT2D eigenvalue weighted by atomic mass is 16.5. The lowest BCUT2D eigenvalue weighted by molar-refractivity contribution is -0.151. The third-order valence-corrected chi connectivity index (χ3v) is 5.69. The number of rotatable bonds is 8. The van der Waals surface area contributed by atoms with Crippen LogP contribution in [0, 0.1) is 0 Å². The van der Waals surface area contributed by atoms with Crippen molar-refractivity contribution in [3.8, 4) is 5.75 Å². The van der Waals surface area contributed by atoms with Gasteiger partial charge in [-0.25, -0.2) is 0 Å². The zero-order valence-corrected chi connectivity index (χ0v) is 17.4. The minimum atomic E-state index is -0.601. The van der Waals surface area contributed by atoms with Crippen molar-refractivity contribution in [2.75, 3.05) is 13.7 Å². The Labute approximate surface area is 182 Å². The molecule has 0 aliphatic heterocycles. The van der Waals surface area contributed by atoms with Gasteiger partial charge in [-0.15, -0.1) is 0 Å². The smallest absolute Gasteiger partial charge is 0.317 e. The molecule has 1 N–H and O–H groups in total. The number of amides is 1. The average Bonchev–Trinajstić information content (AvgIpc) is 3.64. The second-order valence-corrected chi connectivity index (χ2v) is 7.71. The minimum absolute atomic E-state index is 0.313. The molecule has 3 aromatic rings. The Morgan fingerprint density at radius 2 is 1.45 bits per heavy atom. The highest BCUT2D eigenvalue weighted by Crippen LogP contribution is 2.49. The van der Waals surface area contributed by atoms with Crippen LogP contribution in [0.4, 0.5) is 0 Å². The molecule has 158 valence electrons. The summed E-state index contributed by atoms with van der Waals surface area (Å²) in [6.45, 7) is -0.313. The number of hydrogen-bond acceptors (Lipinski definition) is 4. The van der Waals surface area contributed by atoms with Gasteiger partial charge < -0.3 is 14.8 Å². The van der Waals surface area contributed by atoms with Gasteiger partial charge in [0.1, 0.15) is 5.75 Å². The summed E-state index contributed by atoms with van der Waals surface area (Å²) in [7, 11) is 1.61. The Bertz CT molecular complexity index is 1030. The van der Waals surface area contributed by atoms with Crippen LogP contribution >= 0.6 is 0 Å². The van der Waals surface area contributed by atoms with Gasteiger partial charge in [0.25, 0.3) is 5.91 Å². The summed E-state index contributed by atoms with van der Waals surface area (Å²) in [5.41, 5.74) is 2.20. The van der Waals surface area contributed by atoms with Gasteiger partial charge in [-0.3, -0.25) is 9.59 Å². The highest BCUT2D eigenvalue weighted by Gasteiger charge is 2.52. The van der Waals surface area contributed by atoms with E-state index in [4.69, 9.17) is 9.47 Å². The molecule has 0 aromatic heterocycles. The summed E-state index contributed by atoms with van der Waals surface area (Å²) in [5, 5.41) is 3.00. The SMILES string of the molecule is COc1ccc([C@@H](NC(=O)COC(=O)C2(c3ccccc3)CC2)c2ccccc2)cc1. The van der Waals surface area contributed by atoms with Gasteiger partial charge in [0, 0.05) is 0 Å². The van der Waals surface area contributed by atoms with E-state index >= 15 is 0 Å². The summed E-state index contributed by atoms with van der Waals surface area (Å²) >= 11 is 0. The molecule has 0 spiro atoms. The Morgan fingerprint density at radius 1 is 0.871 bits per heavy atom. The lowest BCUT2D eigenvalue weighted by atomic mass is 9.96. The molecule has 1 atom stereocenters. The fraction of sp³-hybridized carbons (Fsp3) is 0.231. The molecule has 31 heavy (non-hydrogen) atoms. The highest BCUT2D eigenvalue weighted by molar-refractivity contribution is 5.89. The molecule has 3 aromatic carbocycles. The van der Waals surface area contributed by atoms with Crippen molar-refractivity contribution < 1.29 is 19.1 Å². The quantitative estimate of drug-likeness (QED) is 0.561. The molecule has 1 saturated carbocycles. The molecule has 5 heteroatoms. The third kappa shape index (κ3) is 4.61. The molecular formula is C26H25NO4. The molecule has 0 radical (unpaired) electrons. The van der Waals surface area contributed by atoms with Crippen molar-refractivity contribution in [1.82, 2.24) is 5.32 Å². The van der Waals surface area contributed by atoms with Crippen LogP contribution in [0.3, 0.4) is 0 Å².